The summed E-state index contributed by atoms with van der Waals surface area (Å²) in [5.41, 5.74) is 0.773. The highest BCUT2D eigenvalue weighted by Gasteiger charge is 2.15. The van der Waals surface area contributed by atoms with Gasteiger partial charge in [-0.15, -0.1) is 0 Å². The SMILES string of the molecule is O=C(O)c1cc(=O)c(Oc2ccc(C3CCCCC3)cc2)co1. The van der Waals surface area contributed by atoms with Gasteiger partial charge in [-0.3, -0.25) is 4.79 Å². The molecule has 0 saturated heterocycles. The van der Waals surface area contributed by atoms with Crippen molar-refractivity contribution in [2.75, 3.05) is 0 Å². The van der Waals surface area contributed by atoms with Crippen molar-refractivity contribution in [2.45, 2.75) is 38.0 Å². The lowest BCUT2D eigenvalue weighted by Crippen LogP contribution is -2.08. The quantitative estimate of drug-likeness (QED) is 0.916. The largest absolute Gasteiger partial charge is 0.475 e. The zero-order valence-electron chi connectivity index (χ0n) is 12.7. The van der Waals surface area contributed by atoms with Crippen LogP contribution in [0.15, 0.2) is 45.8 Å². The van der Waals surface area contributed by atoms with Gasteiger partial charge in [-0.25, -0.2) is 4.79 Å². The molecule has 0 atom stereocenters. The Morgan fingerprint density at radius 2 is 1.83 bits per heavy atom. The van der Waals surface area contributed by atoms with Crippen LogP contribution in [0.25, 0.3) is 0 Å². The zero-order valence-corrected chi connectivity index (χ0v) is 12.7. The number of rotatable bonds is 4. The first-order valence-electron chi connectivity index (χ1n) is 7.77. The van der Waals surface area contributed by atoms with Gasteiger partial charge in [0.25, 0.3) is 0 Å². The highest BCUT2D eigenvalue weighted by molar-refractivity contribution is 5.84. The summed E-state index contributed by atoms with van der Waals surface area (Å²) >= 11 is 0. The molecule has 0 spiro atoms. The fourth-order valence-electron chi connectivity index (χ4n) is 2.96. The second-order valence-corrected chi connectivity index (χ2v) is 5.78. The molecule has 1 aliphatic rings. The Morgan fingerprint density at radius 3 is 2.43 bits per heavy atom. The van der Waals surface area contributed by atoms with E-state index in [9.17, 15) is 9.59 Å². The molecular weight excluding hydrogens is 296 g/mol. The predicted molar refractivity (Wildman–Crippen MR) is 84.3 cm³/mol. The van der Waals surface area contributed by atoms with Crippen LogP contribution >= 0.6 is 0 Å². The standard InChI is InChI=1S/C18H18O5/c19-15-10-16(18(20)21)22-11-17(15)23-14-8-6-13(7-9-14)12-4-2-1-3-5-12/h6-12H,1-5H2,(H,20,21). The molecule has 0 radical (unpaired) electrons. The highest BCUT2D eigenvalue weighted by atomic mass is 16.5. The number of carbonyl (C=O) groups is 1. The molecular formula is C18H18O5. The van der Waals surface area contributed by atoms with Crippen molar-refractivity contribution in [1.82, 2.24) is 0 Å². The summed E-state index contributed by atoms with van der Waals surface area (Å²) in [5.74, 6) is -0.585. The topological polar surface area (TPSA) is 76.7 Å². The van der Waals surface area contributed by atoms with Crippen molar-refractivity contribution in [2.24, 2.45) is 0 Å². The van der Waals surface area contributed by atoms with Crippen LogP contribution in [0.2, 0.25) is 0 Å². The van der Waals surface area contributed by atoms with Crippen LogP contribution in [0.3, 0.4) is 0 Å². The molecule has 3 rings (SSSR count). The van der Waals surface area contributed by atoms with Crippen molar-refractivity contribution in [3.05, 3.63) is 58.1 Å². The van der Waals surface area contributed by atoms with E-state index in [0.717, 1.165) is 12.3 Å². The lowest BCUT2D eigenvalue weighted by atomic mass is 9.84. The number of aromatic carboxylic acids is 1. The maximum absolute atomic E-state index is 11.8. The maximum Gasteiger partial charge on any atom is 0.371 e. The molecule has 1 aromatic heterocycles. The average Bonchev–Trinajstić information content (AvgIpc) is 2.58. The van der Waals surface area contributed by atoms with E-state index in [2.05, 4.69) is 0 Å². The second kappa shape index (κ2) is 6.69. The Morgan fingerprint density at radius 1 is 1.13 bits per heavy atom. The van der Waals surface area contributed by atoms with E-state index in [1.807, 2.05) is 24.3 Å². The first-order chi connectivity index (χ1) is 11.1. The lowest BCUT2D eigenvalue weighted by Gasteiger charge is -2.22. The van der Waals surface area contributed by atoms with Gasteiger partial charge in [-0.2, -0.15) is 0 Å². The van der Waals surface area contributed by atoms with Crippen LogP contribution in [0.4, 0.5) is 0 Å². The zero-order chi connectivity index (χ0) is 16.2. The molecule has 120 valence electrons. The summed E-state index contributed by atoms with van der Waals surface area (Å²) in [6.45, 7) is 0. The van der Waals surface area contributed by atoms with Crippen LogP contribution in [-0.2, 0) is 0 Å². The second-order valence-electron chi connectivity index (χ2n) is 5.78. The Kier molecular flexibility index (Phi) is 4.46. The first kappa shape index (κ1) is 15.3. The molecule has 0 bridgehead atoms. The van der Waals surface area contributed by atoms with Gasteiger partial charge < -0.3 is 14.3 Å². The summed E-state index contributed by atoms with van der Waals surface area (Å²) < 4.78 is 10.4. The minimum atomic E-state index is -1.29. The molecule has 2 aromatic rings. The Bertz CT molecular complexity index is 739. The van der Waals surface area contributed by atoms with E-state index in [1.54, 1.807) is 0 Å². The molecule has 1 saturated carbocycles. The van der Waals surface area contributed by atoms with Crippen molar-refractivity contribution in [3.63, 3.8) is 0 Å². The summed E-state index contributed by atoms with van der Waals surface area (Å²) in [7, 11) is 0. The molecule has 5 heteroatoms. The fourth-order valence-corrected chi connectivity index (χ4v) is 2.96. The van der Waals surface area contributed by atoms with E-state index >= 15 is 0 Å². The van der Waals surface area contributed by atoms with Crippen molar-refractivity contribution >= 4 is 5.97 Å². The Labute approximate surface area is 133 Å². The predicted octanol–water partition coefficient (Wildman–Crippen LogP) is 4.18. The van der Waals surface area contributed by atoms with Crippen molar-refractivity contribution in [1.29, 1.82) is 0 Å². The molecule has 1 heterocycles. The van der Waals surface area contributed by atoms with E-state index in [4.69, 9.17) is 14.3 Å². The summed E-state index contributed by atoms with van der Waals surface area (Å²) in [6.07, 6.45) is 7.35. The minimum Gasteiger partial charge on any atom is -0.475 e. The lowest BCUT2D eigenvalue weighted by molar-refractivity contribution is 0.0659. The van der Waals surface area contributed by atoms with Gasteiger partial charge in [0, 0.05) is 6.07 Å². The first-order valence-corrected chi connectivity index (χ1v) is 7.77. The molecule has 0 aliphatic heterocycles. The van der Waals surface area contributed by atoms with Gasteiger partial charge in [-0.05, 0) is 36.5 Å². The van der Waals surface area contributed by atoms with Gasteiger partial charge in [0.05, 0.1) is 0 Å². The maximum atomic E-state index is 11.8. The van der Waals surface area contributed by atoms with Gasteiger partial charge in [-0.1, -0.05) is 31.4 Å². The molecule has 1 aromatic carbocycles. The van der Waals surface area contributed by atoms with Crippen LogP contribution < -0.4 is 10.2 Å². The van der Waals surface area contributed by atoms with Gasteiger partial charge in [0.2, 0.25) is 16.9 Å². The number of carboxylic acids is 1. The normalized spacial score (nSPS) is 15.3. The average molecular weight is 314 g/mol. The van der Waals surface area contributed by atoms with Crippen LogP contribution in [0.5, 0.6) is 11.5 Å². The number of hydrogen-bond donors (Lipinski definition) is 1. The minimum absolute atomic E-state index is 0.0274. The molecule has 1 N–H and O–H groups in total. The summed E-state index contributed by atoms with van der Waals surface area (Å²) in [6, 6.07) is 8.62. The Balaban J connectivity index is 1.73. The molecule has 0 unspecified atom stereocenters. The third kappa shape index (κ3) is 3.62. The van der Waals surface area contributed by atoms with E-state index in [0.29, 0.717) is 11.7 Å². The van der Waals surface area contributed by atoms with Crippen LogP contribution in [0.1, 0.15) is 54.1 Å². The molecule has 23 heavy (non-hydrogen) atoms. The molecule has 1 aliphatic carbocycles. The molecule has 5 nitrogen and oxygen atoms in total. The summed E-state index contributed by atoms with van der Waals surface area (Å²) in [4.78, 5) is 22.6. The van der Waals surface area contributed by atoms with Crippen LogP contribution in [0, 0.1) is 0 Å². The number of carboxylic acid groups (broad SMARTS) is 1. The van der Waals surface area contributed by atoms with Crippen molar-refractivity contribution < 1.29 is 19.1 Å². The van der Waals surface area contributed by atoms with Crippen molar-refractivity contribution in [3.8, 4) is 11.5 Å². The highest BCUT2D eigenvalue weighted by Crippen LogP contribution is 2.33. The third-order valence-electron chi connectivity index (χ3n) is 4.19. The van der Waals surface area contributed by atoms with E-state index in [1.165, 1.54) is 37.7 Å². The molecule has 1 fully saturated rings. The van der Waals surface area contributed by atoms with E-state index < -0.39 is 17.2 Å². The number of hydrogen-bond acceptors (Lipinski definition) is 4. The van der Waals surface area contributed by atoms with Gasteiger partial charge in [0.1, 0.15) is 12.0 Å². The number of ether oxygens (including phenoxy) is 1. The van der Waals surface area contributed by atoms with Crippen LogP contribution in [-0.4, -0.2) is 11.1 Å². The summed E-state index contributed by atoms with van der Waals surface area (Å²) in [5, 5.41) is 8.77. The Hall–Kier alpha value is -2.56. The van der Waals surface area contributed by atoms with Gasteiger partial charge >= 0.3 is 5.97 Å². The van der Waals surface area contributed by atoms with Gasteiger partial charge in [0.15, 0.2) is 0 Å². The molecule has 0 amide bonds. The monoisotopic (exact) mass is 314 g/mol. The fraction of sp³-hybridized carbons (Fsp3) is 0.333. The van der Waals surface area contributed by atoms with E-state index in [-0.39, 0.29) is 5.75 Å². The number of benzene rings is 1. The third-order valence-corrected chi connectivity index (χ3v) is 4.19. The smallest absolute Gasteiger partial charge is 0.371 e.